The molecule has 0 aliphatic heterocycles. The minimum atomic E-state index is 1.02. The lowest BCUT2D eigenvalue weighted by Crippen LogP contribution is -2.30. The van der Waals surface area contributed by atoms with E-state index < -0.39 is 0 Å². The highest BCUT2D eigenvalue weighted by molar-refractivity contribution is 7.10. The number of hydrogen-bond acceptors (Lipinski definition) is 7. The van der Waals surface area contributed by atoms with E-state index in [1.165, 1.54) is 15.0 Å². The van der Waals surface area contributed by atoms with E-state index in [9.17, 15) is 0 Å². The summed E-state index contributed by atoms with van der Waals surface area (Å²) in [5.41, 5.74) is 0. The van der Waals surface area contributed by atoms with Crippen LogP contribution in [0.2, 0.25) is 0 Å². The SMILES string of the molecule is c1csc(CCN(CCc2nccs2)CCc2nccs2)n1. The Morgan fingerprint density at radius 1 is 0.636 bits per heavy atom. The molecular weight excluding hydrogens is 332 g/mol. The second-order valence-corrected chi connectivity index (χ2v) is 7.81. The van der Waals surface area contributed by atoms with Crippen molar-refractivity contribution in [1.29, 1.82) is 0 Å². The molecule has 0 saturated carbocycles. The highest BCUT2D eigenvalue weighted by atomic mass is 32.1. The van der Waals surface area contributed by atoms with Crippen LogP contribution in [0.1, 0.15) is 15.0 Å². The Hall–Kier alpha value is -1.15. The summed E-state index contributed by atoms with van der Waals surface area (Å²) in [6.45, 7) is 3.14. The summed E-state index contributed by atoms with van der Waals surface area (Å²) in [6.07, 6.45) is 8.72. The topological polar surface area (TPSA) is 41.9 Å². The second kappa shape index (κ2) is 8.47. The average molecular weight is 351 g/mol. The van der Waals surface area contributed by atoms with Crippen molar-refractivity contribution >= 4 is 34.0 Å². The van der Waals surface area contributed by atoms with Gasteiger partial charge in [0.25, 0.3) is 0 Å². The molecule has 0 aliphatic rings. The van der Waals surface area contributed by atoms with E-state index in [4.69, 9.17) is 0 Å². The summed E-state index contributed by atoms with van der Waals surface area (Å²) in [7, 11) is 0. The Balaban J connectivity index is 1.51. The maximum Gasteiger partial charge on any atom is 0.0937 e. The van der Waals surface area contributed by atoms with E-state index in [-0.39, 0.29) is 0 Å². The molecule has 0 amide bonds. The van der Waals surface area contributed by atoms with E-state index >= 15 is 0 Å². The van der Waals surface area contributed by atoms with Crippen molar-refractivity contribution in [3.05, 3.63) is 49.8 Å². The Kier molecular flexibility index (Phi) is 6.06. The predicted molar refractivity (Wildman–Crippen MR) is 93.9 cm³/mol. The van der Waals surface area contributed by atoms with Gasteiger partial charge in [-0.25, -0.2) is 15.0 Å². The maximum atomic E-state index is 4.38. The average Bonchev–Trinajstić information content (AvgIpc) is 3.29. The molecule has 3 aromatic rings. The molecule has 0 radical (unpaired) electrons. The van der Waals surface area contributed by atoms with Crippen LogP contribution in [0.5, 0.6) is 0 Å². The van der Waals surface area contributed by atoms with Gasteiger partial charge in [0.15, 0.2) is 0 Å². The van der Waals surface area contributed by atoms with Gasteiger partial charge in [0.1, 0.15) is 0 Å². The Morgan fingerprint density at radius 2 is 1.00 bits per heavy atom. The van der Waals surface area contributed by atoms with E-state index in [0.717, 1.165) is 38.9 Å². The highest BCUT2D eigenvalue weighted by Crippen LogP contribution is 2.10. The third-order valence-corrected chi connectivity index (χ3v) is 5.89. The lowest BCUT2D eigenvalue weighted by atomic mass is 10.3. The van der Waals surface area contributed by atoms with Crippen molar-refractivity contribution in [3.8, 4) is 0 Å². The quantitative estimate of drug-likeness (QED) is 0.593. The molecule has 0 N–H and O–H groups in total. The van der Waals surface area contributed by atoms with Crippen LogP contribution < -0.4 is 0 Å². The molecule has 22 heavy (non-hydrogen) atoms. The van der Waals surface area contributed by atoms with Crippen LogP contribution >= 0.6 is 34.0 Å². The first-order valence-electron chi connectivity index (χ1n) is 7.27. The van der Waals surface area contributed by atoms with Gasteiger partial charge < -0.3 is 4.90 Å². The Morgan fingerprint density at radius 3 is 1.27 bits per heavy atom. The first-order valence-corrected chi connectivity index (χ1v) is 9.91. The minimum Gasteiger partial charge on any atom is -0.302 e. The number of hydrogen-bond donors (Lipinski definition) is 0. The van der Waals surface area contributed by atoms with E-state index in [2.05, 4.69) is 19.9 Å². The predicted octanol–water partition coefficient (Wildman–Crippen LogP) is 3.39. The van der Waals surface area contributed by atoms with Crippen molar-refractivity contribution in [3.63, 3.8) is 0 Å². The largest absolute Gasteiger partial charge is 0.302 e. The molecule has 3 aromatic heterocycles. The number of nitrogens with zero attached hydrogens (tertiary/aromatic N) is 4. The summed E-state index contributed by atoms with van der Waals surface area (Å²) in [5, 5.41) is 9.79. The van der Waals surface area contributed by atoms with Gasteiger partial charge in [-0.3, -0.25) is 0 Å². The van der Waals surface area contributed by atoms with Gasteiger partial charge in [-0.1, -0.05) is 0 Å². The molecule has 4 nitrogen and oxygen atoms in total. The molecule has 0 bridgehead atoms. The fraction of sp³-hybridized carbons (Fsp3) is 0.400. The van der Waals surface area contributed by atoms with Gasteiger partial charge in [0, 0.05) is 73.6 Å². The zero-order chi connectivity index (χ0) is 15.0. The van der Waals surface area contributed by atoms with Crippen molar-refractivity contribution in [2.24, 2.45) is 0 Å². The lowest BCUT2D eigenvalue weighted by Gasteiger charge is -2.20. The molecule has 0 fully saturated rings. The van der Waals surface area contributed by atoms with Crippen LogP contribution in [0.15, 0.2) is 34.7 Å². The summed E-state index contributed by atoms with van der Waals surface area (Å²) in [4.78, 5) is 15.6. The van der Waals surface area contributed by atoms with Crippen LogP contribution in [-0.2, 0) is 19.3 Å². The Labute approximate surface area is 142 Å². The van der Waals surface area contributed by atoms with Gasteiger partial charge in [0.2, 0.25) is 0 Å². The lowest BCUT2D eigenvalue weighted by molar-refractivity contribution is 0.283. The number of aromatic nitrogens is 3. The molecule has 7 heteroatoms. The highest BCUT2D eigenvalue weighted by Gasteiger charge is 2.09. The first kappa shape index (κ1) is 15.7. The molecule has 0 saturated heterocycles. The summed E-state index contributed by atoms with van der Waals surface area (Å²) in [6, 6.07) is 0. The zero-order valence-corrected chi connectivity index (χ0v) is 14.7. The van der Waals surface area contributed by atoms with Crippen LogP contribution in [0, 0.1) is 0 Å². The number of thiazole rings is 3. The van der Waals surface area contributed by atoms with Crippen LogP contribution in [0.3, 0.4) is 0 Å². The monoisotopic (exact) mass is 350 g/mol. The van der Waals surface area contributed by atoms with Crippen LogP contribution in [0.4, 0.5) is 0 Å². The Bertz CT molecular complexity index is 529. The first-order chi connectivity index (χ1) is 10.9. The summed E-state index contributed by atoms with van der Waals surface area (Å²) >= 11 is 5.21. The van der Waals surface area contributed by atoms with Crippen molar-refractivity contribution < 1.29 is 0 Å². The smallest absolute Gasteiger partial charge is 0.0937 e. The molecule has 3 heterocycles. The van der Waals surface area contributed by atoms with Gasteiger partial charge in [0.05, 0.1) is 15.0 Å². The van der Waals surface area contributed by atoms with Crippen molar-refractivity contribution in [1.82, 2.24) is 19.9 Å². The van der Waals surface area contributed by atoms with Crippen LogP contribution in [0.25, 0.3) is 0 Å². The molecule has 0 unspecified atom stereocenters. The fourth-order valence-electron chi connectivity index (χ4n) is 2.23. The second-order valence-electron chi connectivity index (χ2n) is 4.87. The van der Waals surface area contributed by atoms with Crippen molar-refractivity contribution in [2.45, 2.75) is 19.3 Å². The van der Waals surface area contributed by atoms with Crippen molar-refractivity contribution in [2.75, 3.05) is 19.6 Å². The third-order valence-electron chi connectivity index (χ3n) is 3.38. The molecule has 0 atom stereocenters. The molecule has 116 valence electrons. The summed E-state index contributed by atoms with van der Waals surface area (Å²) in [5.74, 6) is 0. The van der Waals surface area contributed by atoms with E-state index in [1.807, 2.05) is 34.7 Å². The van der Waals surface area contributed by atoms with Gasteiger partial charge in [-0.15, -0.1) is 34.0 Å². The van der Waals surface area contributed by atoms with E-state index in [1.54, 1.807) is 34.0 Å². The zero-order valence-electron chi connectivity index (χ0n) is 12.2. The van der Waals surface area contributed by atoms with Crippen LogP contribution in [-0.4, -0.2) is 39.5 Å². The summed E-state index contributed by atoms with van der Waals surface area (Å²) < 4.78 is 0. The minimum absolute atomic E-state index is 1.02. The van der Waals surface area contributed by atoms with Gasteiger partial charge in [-0.2, -0.15) is 0 Å². The number of rotatable bonds is 9. The van der Waals surface area contributed by atoms with Gasteiger partial charge in [-0.05, 0) is 0 Å². The molecular formula is C15H18N4S3. The standard InChI is InChI=1S/C15H18N4S3/c1(13-16-4-10-20-13)7-19(8-2-14-17-5-11-21-14)9-3-15-18-6-12-22-15/h4-6,10-12H,1-3,7-9H2. The molecule has 3 rings (SSSR count). The van der Waals surface area contributed by atoms with Gasteiger partial charge >= 0.3 is 0 Å². The molecule has 0 spiro atoms. The maximum absolute atomic E-state index is 4.38. The molecule has 0 aromatic carbocycles. The normalized spacial score (nSPS) is 11.3. The third kappa shape index (κ3) is 4.95. The van der Waals surface area contributed by atoms with E-state index in [0.29, 0.717) is 0 Å². The fourth-order valence-corrected chi connectivity index (χ4v) is 4.05. The molecule has 0 aliphatic carbocycles.